The summed E-state index contributed by atoms with van der Waals surface area (Å²) >= 11 is 8.49. The number of rotatable bonds is 8. The van der Waals surface area contributed by atoms with Crippen LogP contribution in [0.3, 0.4) is 0 Å². The van der Waals surface area contributed by atoms with Crippen LogP contribution in [0.4, 0.5) is 0 Å². The van der Waals surface area contributed by atoms with Gasteiger partial charge in [-0.1, -0.05) is 73.9 Å². The minimum atomic E-state index is -0.321. The standard InChI is InChI=1S/C31H36ClNO2S/c1-5-11-22(18-21(2)3)23-16-17-27(35-4)24(19-23)20-33(25-12-7-6-8-13-25)31(34)30-29(32)26-14-9-10-15-28(26)36-30/h5,9-11,14-19,25,29-30H,1,6-8,12-13,20H2,2-4H3/b22-11+. The Kier molecular flexibility index (Phi) is 9.03. The van der Waals surface area contributed by atoms with E-state index in [9.17, 15) is 4.79 Å². The number of fused-ring (bicyclic) bond motifs is 1. The van der Waals surface area contributed by atoms with Gasteiger partial charge in [0.15, 0.2) is 0 Å². The molecule has 36 heavy (non-hydrogen) atoms. The highest BCUT2D eigenvalue weighted by molar-refractivity contribution is 8.01. The van der Waals surface area contributed by atoms with Gasteiger partial charge in [-0.25, -0.2) is 0 Å². The molecule has 190 valence electrons. The molecule has 1 aliphatic carbocycles. The molecule has 0 aromatic heterocycles. The second-order valence-corrected chi connectivity index (χ2v) is 11.5. The summed E-state index contributed by atoms with van der Waals surface area (Å²) in [6, 6.07) is 14.6. The van der Waals surface area contributed by atoms with Gasteiger partial charge in [0, 0.05) is 23.0 Å². The number of carbonyl (C=O) groups is 1. The lowest BCUT2D eigenvalue weighted by Gasteiger charge is -2.36. The van der Waals surface area contributed by atoms with Gasteiger partial charge in [-0.15, -0.1) is 23.4 Å². The van der Waals surface area contributed by atoms with Crippen molar-refractivity contribution in [2.45, 2.75) is 74.1 Å². The van der Waals surface area contributed by atoms with E-state index in [4.69, 9.17) is 16.3 Å². The second-order valence-electron chi connectivity index (χ2n) is 9.84. The number of thioether (sulfide) groups is 1. The van der Waals surface area contributed by atoms with Gasteiger partial charge in [-0.2, -0.15) is 0 Å². The molecule has 5 heteroatoms. The van der Waals surface area contributed by atoms with Crippen LogP contribution >= 0.6 is 23.4 Å². The van der Waals surface area contributed by atoms with E-state index in [0.29, 0.717) is 6.54 Å². The highest BCUT2D eigenvalue weighted by Gasteiger charge is 2.41. The topological polar surface area (TPSA) is 29.5 Å². The Morgan fingerprint density at radius 1 is 1.17 bits per heavy atom. The van der Waals surface area contributed by atoms with Crippen LogP contribution in [0.15, 0.2) is 77.7 Å². The highest BCUT2D eigenvalue weighted by atomic mass is 35.5. The number of benzene rings is 2. The van der Waals surface area contributed by atoms with Gasteiger partial charge in [-0.3, -0.25) is 4.79 Å². The maximum Gasteiger partial charge on any atom is 0.238 e. The average molecular weight is 522 g/mol. The van der Waals surface area contributed by atoms with Gasteiger partial charge < -0.3 is 9.64 Å². The zero-order valence-corrected chi connectivity index (χ0v) is 23.1. The Morgan fingerprint density at radius 3 is 2.58 bits per heavy atom. The summed E-state index contributed by atoms with van der Waals surface area (Å²) in [5.41, 5.74) is 5.46. The third-order valence-electron chi connectivity index (χ3n) is 6.97. The van der Waals surface area contributed by atoms with E-state index in [0.717, 1.165) is 58.6 Å². The van der Waals surface area contributed by atoms with E-state index < -0.39 is 0 Å². The number of halogens is 1. The van der Waals surface area contributed by atoms with E-state index in [2.05, 4.69) is 49.6 Å². The van der Waals surface area contributed by atoms with E-state index in [1.165, 1.54) is 12.0 Å². The molecule has 1 aliphatic heterocycles. The first-order valence-corrected chi connectivity index (χ1v) is 14.1. The fourth-order valence-corrected chi connectivity index (χ4v) is 7.01. The molecule has 0 spiro atoms. The normalized spacial score (nSPS) is 19.9. The molecule has 0 N–H and O–H groups in total. The van der Waals surface area contributed by atoms with E-state index >= 15 is 0 Å². The molecule has 4 rings (SSSR count). The number of ether oxygens (including phenoxy) is 1. The van der Waals surface area contributed by atoms with Gasteiger partial charge in [-0.05, 0) is 61.6 Å². The molecule has 3 nitrogen and oxygen atoms in total. The number of allylic oxidation sites excluding steroid dienone is 5. The Hall–Kier alpha value is -2.43. The van der Waals surface area contributed by atoms with Crippen LogP contribution in [0.5, 0.6) is 5.75 Å². The largest absolute Gasteiger partial charge is 0.496 e. The van der Waals surface area contributed by atoms with Gasteiger partial charge in [0.25, 0.3) is 0 Å². The Labute approximate surface area is 225 Å². The quantitative estimate of drug-likeness (QED) is 0.258. The van der Waals surface area contributed by atoms with Gasteiger partial charge in [0.2, 0.25) is 5.91 Å². The third kappa shape index (κ3) is 5.92. The summed E-state index contributed by atoms with van der Waals surface area (Å²) < 4.78 is 5.76. The molecule has 1 saturated carbocycles. The number of hydrogen-bond donors (Lipinski definition) is 0. The lowest BCUT2D eigenvalue weighted by atomic mass is 9.92. The molecule has 2 unspecified atom stereocenters. The van der Waals surface area contributed by atoms with Crippen LogP contribution in [-0.2, 0) is 11.3 Å². The molecule has 1 amide bonds. The van der Waals surface area contributed by atoms with Crippen molar-refractivity contribution >= 4 is 34.8 Å². The summed E-state index contributed by atoms with van der Waals surface area (Å²) in [6.45, 7) is 8.58. The van der Waals surface area contributed by atoms with Gasteiger partial charge in [0.1, 0.15) is 11.0 Å². The maximum atomic E-state index is 14.1. The van der Waals surface area contributed by atoms with Crippen molar-refractivity contribution in [3.8, 4) is 5.75 Å². The molecule has 2 aromatic rings. The number of amides is 1. The van der Waals surface area contributed by atoms with Crippen molar-refractivity contribution in [1.82, 2.24) is 4.90 Å². The summed E-state index contributed by atoms with van der Waals surface area (Å²) in [4.78, 5) is 17.3. The zero-order chi connectivity index (χ0) is 25.7. The van der Waals surface area contributed by atoms with Crippen molar-refractivity contribution in [1.29, 1.82) is 0 Å². The van der Waals surface area contributed by atoms with Crippen molar-refractivity contribution in [3.05, 3.63) is 89.5 Å². The van der Waals surface area contributed by atoms with Gasteiger partial charge in [0.05, 0.1) is 12.5 Å². The molecule has 1 heterocycles. The predicted molar refractivity (Wildman–Crippen MR) is 153 cm³/mol. The summed E-state index contributed by atoms with van der Waals surface area (Å²) in [5, 5.41) is -0.639. The first-order chi connectivity index (χ1) is 17.4. The number of alkyl halides is 1. The monoisotopic (exact) mass is 521 g/mol. The van der Waals surface area contributed by atoms with Crippen LogP contribution in [-0.4, -0.2) is 29.2 Å². The second kappa shape index (κ2) is 12.2. The zero-order valence-electron chi connectivity index (χ0n) is 21.5. The first kappa shape index (κ1) is 26.6. The van der Waals surface area contributed by atoms with Crippen LogP contribution < -0.4 is 4.74 Å². The summed E-state index contributed by atoms with van der Waals surface area (Å²) in [5.74, 6) is 0.925. The van der Waals surface area contributed by atoms with E-state index in [-0.39, 0.29) is 22.6 Å². The fraction of sp³-hybridized carbons (Fsp3) is 0.387. The molecule has 0 bridgehead atoms. The third-order valence-corrected chi connectivity index (χ3v) is 8.96. The summed E-state index contributed by atoms with van der Waals surface area (Å²) in [6.07, 6.45) is 11.6. The molecule has 2 atom stereocenters. The molecule has 0 radical (unpaired) electrons. The molecule has 1 fully saturated rings. The Balaban J connectivity index is 1.69. The molecule has 2 aliphatic rings. The van der Waals surface area contributed by atoms with Crippen LogP contribution in [0, 0.1) is 0 Å². The van der Waals surface area contributed by atoms with E-state index in [1.807, 2.05) is 36.4 Å². The maximum absolute atomic E-state index is 14.1. The summed E-state index contributed by atoms with van der Waals surface area (Å²) in [7, 11) is 1.69. The van der Waals surface area contributed by atoms with Crippen molar-refractivity contribution in [3.63, 3.8) is 0 Å². The number of nitrogens with zero attached hydrogens (tertiary/aromatic N) is 1. The lowest BCUT2D eigenvalue weighted by molar-refractivity contribution is -0.134. The molecule has 0 saturated heterocycles. The first-order valence-electron chi connectivity index (χ1n) is 12.8. The van der Waals surface area contributed by atoms with Crippen LogP contribution in [0.1, 0.15) is 68.0 Å². The highest BCUT2D eigenvalue weighted by Crippen LogP contribution is 2.48. The molecular weight excluding hydrogens is 486 g/mol. The minimum Gasteiger partial charge on any atom is -0.496 e. The smallest absolute Gasteiger partial charge is 0.238 e. The molecular formula is C31H36ClNO2S. The molecule has 2 aromatic carbocycles. The van der Waals surface area contributed by atoms with Crippen molar-refractivity contribution in [2.24, 2.45) is 0 Å². The SMILES string of the molecule is C=C/C=C(\C=C(C)C)c1ccc(OC)c(CN(C(=O)C2Sc3ccccc3C2Cl)C2CCCCC2)c1. The average Bonchev–Trinajstić information content (AvgIpc) is 3.23. The number of carbonyl (C=O) groups excluding carboxylic acids is 1. The minimum absolute atomic E-state index is 0.127. The van der Waals surface area contributed by atoms with Crippen molar-refractivity contribution in [2.75, 3.05) is 7.11 Å². The Bertz CT molecular complexity index is 1160. The van der Waals surface area contributed by atoms with E-state index in [1.54, 1.807) is 18.9 Å². The number of methoxy groups -OCH3 is 1. The Morgan fingerprint density at radius 2 is 1.92 bits per heavy atom. The van der Waals surface area contributed by atoms with Gasteiger partial charge >= 0.3 is 0 Å². The van der Waals surface area contributed by atoms with Crippen LogP contribution in [0.2, 0.25) is 0 Å². The fourth-order valence-electron chi connectivity index (χ4n) is 5.22. The predicted octanol–water partition coefficient (Wildman–Crippen LogP) is 8.35. The van der Waals surface area contributed by atoms with Crippen LogP contribution in [0.25, 0.3) is 5.57 Å². The van der Waals surface area contributed by atoms with Crippen molar-refractivity contribution < 1.29 is 9.53 Å². The number of hydrogen-bond acceptors (Lipinski definition) is 3. The lowest BCUT2D eigenvalue weighted by Crippen LogP contribution is -2.45.